The van der Waals surface area contributed by atoms with Crippen LogP contribution < -0.4 is 16.0 Å². The molecule has 2 heterocycles. The van der Waals surface area contributed by atoms with Crippen molar-refractivity contribution in [2.75, 3.05) is 36.9 Å². The molecule has 1 aromatic carbocycles. The molecule has 3 rings (SSSR count). The van der Waals surface area contributed by atoms with Crippen LogP contribution in [0.5, 0.6) is 0 Å². The molecule has 1 atom stereocenters. The van der Waals surface area contributed by atoms with Gasteiger partial charge in [-0.3, -0.25) is 0 Å². The second-order valence-electron chi connectivity index (χ2n) is 7.91. The average molecular weight is 384 g/mol. The SMILES string of the molecule is CC(C)[C@@H](CO)Nc1nc(NCCC2CCNCC2)cc(-c2ccccc2)n1. The second-order valence-corrected chi connectivity index (χ2v) is 7.91. The van der Waals surface area contributed by atoms with Gasteiger partial charge in [0, 0.05) is 18.2 Å². The largest absolute Gasteiger partial charge is 0.394 e. The molecular formula is C22H33N5O. The van der Waals surface area contributed by atoms with Gasteiger partial charge < -0.3 is 21.1 Å². The van der Waals surface area contributed by atoms with E-state index >= 15 is 0 Å². The summed E-state index contributed by atoms with van der Waals surface area (Å²) < 4.78 is 0. The zero-order valence-corrected chi connectivity index (χ0v) is 17.0. The number of piperidine rings is 1. The van der Waals surface area contributed by atoms with E-state index in [-0.39, 0.29) is 18.6 Å². The molecule has 0 unspecified atom stereocenters. The molecule has 1 fully saturated rings. The Labute approximate surface area is 168 Å². The number of hydrogen-bond acceptors (Lipinski definition) is 6. The van der Waals surface area contributed by atoms with E-state index in [9.17, 15) is 5.11 Å². The van der Waals surface area contributed by atoms with E-state index in [1.165, 1.54) is 12.8 Å². The van der Waals surface area contributed by atoms with E-state index in [4.69, 9.17) is 4.98 Å². The van der Waals surface area contributed by atoms with E-state index in [2.05, 4.69) is 46.9 Å². The van der Waals surface area contributed by atoms with E-state index in [1.54, 1.807) is 0 Å². The predicted octanol–water partition coefficient (Wildman–Crippen LogP) is 3.37. The number of nitrogens with zero attached hydrogens (tertiary/aromatic N) is 2. The molecule has 0 radical (unpaired) electrons. The third-order valence-electron chi connectivity index (χ3n) is 5.43. The van der Waals surface area contributed by atoms with Crippen LogP contribution in [-0.4, -0.2) is 47.4 Å². The first-order valence-corrected chi connectivity index (χ1v) is 10.4. The summed E-state index contributed by atoms with van der Waals surface area (Å²) in [6, 6.07) is 12.1. The quantitative estimate of drug-likeness (QED) is 0.531. The summed E-state index contributed by atoms with van der Waals surface area (Å²) >= 11 is 0. The highest BCUT2D eigenvalue weighted by Gasteiger charge is 2.16. The van der Waals surface area contributed by atoms with E-state index in [0.717, 1.165) is 49.0 Å². The minimum Gasteiger partial charge on any atom is -0.394 e. The minimum absolute atomic E-state index is 0.0507. The van der Waals surface area contributed by atoms with Gasteiger partial charge in [0.05, 0.1) is 18.3 Å². The molecule has 0 saturated carbocycles. The standard InChI is InChI=1S/C22H33N5O/c1-16(2)20(15-28)26-22-25-19(18-6-4-3-5-7-18)14-21(27-22)24-13-10-17-8-11-23-12-9-17/h3-7,14,16-17,20,23,28H,8-13,15H2,1-2H3,(H2,24,25,26,27)/t20-/m1/s1. The molecule has 4 N–H and O–H groups in total. The number of hydrogen-bond donors (Lipinski definition) is 4. The lowest BCUT2D eigenvalue weighted by Gasteiger charge is -2.23. The van der Waals surface area contributed by atoms with Crippen molar-refractivity contribution in [2.24, 2.45) is 11.8 Å². The van der Waals surface area contributed by atoms with Crippen molar-refractivity contribution in [2.45, 2.75) is 39.2 Å². The van der Waals surface area contributed by atoms with Crippen molar-refractivity contribution >= 4 is 11.8 Å². The Bertz CT molecular complexity index is 716. The highest BCUT2D eigenvalue weighted by atomic mass is 16.3. The van der Waals surface area contributed by atoms with Gasteiger partial charge in [0.25, 0.3) is 0 Å². The Hall–Kier alpha value is -2.18. The van der Waals surface area contributed by atoms with Crippen molar-refractivity contribution < 1.29 is 5.11 Å². The maximum Gasteiger partial charge on any atom is 0.225 e. The average Bonchev–Trinajstić information content (AvgIpc) is 2.73. The second kappa shape index (κ2) is 10.4. The fraction of sp³-hybridized carbons (Fsp3) is 0.545. The zero-order valence-electron chi connectivity index (χ0n) is 17.0. The van der Waals surface area contributed by atoms with Crippen molar-refractivity contribution in [3.8, 4) is 11.3 Å². The van der Waals surface area contributed by atoms with Crippen LogP contribution in [0.15, 0.2) is 36.4 Å². The first kappa shape index (κ1) is 20.6. The highest BCUT2D eigenvalue weighted by Crippen LogP contribution is 2.23. The van der Waals surface area contributed by atoms with Crippen LogP contribution >= 0.6 is 0 Å². The van der Waals surface area contributed by atoms with Crippen LogP contribution in [0.1, 0.15) is 33.1 Å². The Morgan fingerprint density at radius 2 is 1.89 bits per heavy atom. The van der Waals surface area contributed by atoms with Gasteiger partial charge in [-0.05, 0) is 44.2 Å². The van der Waals surface area contributed by atoms with Gasteiger partial charge >= 0.3 is 0 Å². The number of anilines is 2. The molecule has 1 saturated heterocycles. The van der Waals surface area contributed by atoms with E-state index in [1.807, 2.05) is 24.3 Å². The molecule has 152 valence electrons. The summed E-state index contributed by atoms with van der Waals surface area (Å²) in [5, 5.41) is 19.9. The third kappa shape index (κ3) is 5.91. The summed E-state index contributed by atoms with van der Waals surface area (Å²) in [6.45, 7) is 7.36. The molecule has 0 amide bonds. The normalized spacial score (nSPS) is 16.1. The van der Waals surface area contributed by atoms with Crippen LogP contribution in [0.25, 0.3) is 11.3 Å². The number of nitrogens with one attached hydrogen (secondary N) is 3. The fourth-order valence-electron chi connectivity index (χ4n) is 3.52. The number of rotatable bonds is 9. The van der Waals surface area contributed by atoms with Crippen molar-refractivity contribution in [1.82, 2.24) is 15.3 Å². The maximum atomic E-state index is 9.66. The summed E-state index contributed by atoms with van der Waals surface area (Å²) in [5.41, 5.74) is 1.93. The first-order chi connectivity index (χ1) is 13.7. The Morgan fingerprint density at radius 1 is 1.14 bits per heavy atom. The topological polar surface area (TPSA) is 82.1 Å². The van der Waals surface area contributed by atoms with Gasteiger partial charge in [-0.25, -0.2) is 4.98 Å². The Balaban J connectivity index is 1.74. The van der Waals surface area contributed by atoms with Crippen LogP contribution in [0.2, 0.25) is 0 Å². The fourth-order valence-corrected chi connectivity index (χ4v) is 3.52. The highest BCUT2D eigenvalue weighted by molar-refractivity contribution is 5.64. The van der Waals surface area contributed by atoms with Crippen LogP contribution in [0.3, 0.4) is 0 Å². The van der Waals surface area contributed by atoms with Gasteiger partial charge in [-0.2, -0.15) is 4.98 Å². The van der Waals surface area contributed by atoms with Crippen LogP contribution in [-0.2, 0) is 0 Å². The smallest absolute Gasteiger partial charge is 0.225 e. The van der Waals surface area contributed by atoms with Crippen molar-refractivity contribution in [1.29, 1.82) is 0 Å². The van der Waals surface area contributed by atoms with E-state index < -0.39 is 0 Å². The summed E-state index contributed by atoms with van der Waals surface area (Å²) in [6.07, 6.45) is 3.65. The van der Waals surface area contributed by atoms with Crippen LogP contribution in [0.4, 0.5) is 11.8 Å². The van der Waals surface area contributed by atoms with Gasteiger partial charge in [0.15, 0.2) is 0 Å². The molecule has 0 aliphatic carbocycles. The molecule has 0 spiro atoms. The summed E-state index contributed by atoms with van der Waals surface area (Å²) in [4.78, 5) is 9.35. The summed E-state index contributed by atoms with van der Waals surface area (Å²) in [7, 11) is 0. The minimum atomic E-state index is -0.0754. The number of aliphatic hydroxyl groups excluding tert-OH is 1. The number of benzene rings is 1. The lowest BCUT2D eigenvalue weighted by atomic mass is 9.95. The first-order valence-electron chi connectivity index (χ1n) is 10.4. The summed E-state index contributed by atoms with van der Waals surface area (Å²) in [5.74, 6) is 2.44. The number of aliphatic hydroxyl groups is 1. The Morgan fingerprint density at radius 3 is 2.57 bits per heavy atom. The van der Waals surface area contributed by atoms with E-state index in [0.29, 0.717) is 5.95 Å². The molecular weight excluding hydrogens is 350 g/mol. The number of aromatic nitrogens is 2. The maximum absolute atomic E-state index is 9.66. The molecule has 2 aromatic rings. The molecule has 6 nitrogen and oxygen atoms in total. The molecule has 1 aromatic heterocycles. The molecule has 0 bridgehead atoms. The van der Waals surface area contributed by atoms with Gasteiger partial charge in [-0.1, -0.05) is 44.2 Å². The third-order valence-corrected chi connectivity index (χ3v) is 5.43. The molecule has 1 aliphatic rings. The predicted molar refractivity (Wildman–Crippen MR) is 116 cm³/mol. The van der Waals surface area contributed by atoms with Gasteiger partial charge in [-0.15, -0.1) is 0 Å². The van der Waals surface area contributed by atoms with Crippen LogP contribution in [0, 0.1) is 11.8 Å². The lowest BCUT2D eigenvalue weighted by molar-refractivity contribution is 0.248. The zero-order chi connectivity index (χ0) is 19.8. The Kier molecular flexibility index (Phi) is 7.62. The van der Waals surface area contributed by atoms with Crippen molar-refractivity contribution in [3.63, 3.8) is 0 Å². The van der Waals surface area contributed by atoms with Gasteiger partial charge in [0.2, 0.25) is 5.95 Å². The van der Waals surface area contributed by atoms with Gasteiger partial charge in [0.1, 0.15) is 5.82 Å². The lowest BCUT2D eigenvalue weighted by Crippen LogP contribution is -2.30. The molecule has 28 heavy (non-hydrogen) atoms. The molecule has 1 aliphatic heterocycles. The van der Waals surface area contributed by atoms with Crippen molar-refractivity contribution in [3.05, 3.63) is 36.4 Å². The monoisotopic (exact) mass is 383 g/mol. The molecule has 6 heteroatoms.